The van der Waals surface area contributed by atoms with Crippen LogP contribution in [0.1, 0.15) is 5.69 Å². The maximum Gasteiger partial charge on any atom is 0.296 e. The van der Waals surface area contributed by atoms with Gasteiger partial charge in [0.1, 0.15) is 18.0 Å². The number of pyridine rings is 1. The Hall–Kier alpha value is -3.76. The van der Waals surface area contributed by atoms with Crippen molar-refractivity contribution >= 4 is 23.0 Å². The Kier molecular flexibility index (Phi) is 5.30. The van der Waals surface area contributed by atoms with Gasteiger partial charge in [0.25, 0.3) is 16.9 Å². The number of benzene rings is 1. The van der Waals surface area contributed by atoms with Crippen LogP contribution in [0.4, 0.5) is 17.1 Å². The summed E-state index contributed by atoms with van der Waals surface area (Å²) in [4.78, 5) is 44.8. The number of nitrogens with zero attached hydrogens (tertiary/aromatic N) is 3. The lowest BCUT2D eigenvalue weighted by atomic mass is 10.2. The number of anilines is 1. The van der Waals surface area contributed by atoms with E-state index in [2.05, 4.69) is 5.32 Å². The van der Waals surface area contributed by atoms with Gasteiger partial charge in [-0.15, -0.1) is 0 Å². The van der Waals surface area contributed by atoms with Crippen LogP contribution in [0.2, 0.25) is 0 Å². The summed E-state index contributed by atoms with van der Waals surface area (Å²) >= 11 is 0. The van der Waals surface area contributed by atoms with Crippen molar-refractivity contribution in [2.75, 3.05) is 12.4 Å². The Balaban J connectivity index is 2.31. The van der Waals surface area contributed by atoms with Crippen LogP contribution in [0.5, 0.6) is 5.75 Å². The second-order valence-electron chi connectivity index (χ2n) is 5.17. The third-order valence-electron chi connectivity index (χ3n) is 3.60. The predicted molar refractivity (Wildman–Crippen MR) is 90.4 cm³/mol. The second-order valence-corrected chi connectivity index (χ2v) is 5.17. The first-order chi connectivity index (χ1) is 12.2. The summed E-state index contributed by atoms with van der Waals surface area (Å²) in [6, 6.07) is 5.89. The zero-order valence-corrected chi connectivity index (χ0v) is 13.8. The molecule has 0 aliphatic heterocycles. The molecule has 1 amide bonds. The van der Waals surface area contributed by atoms with Gasteiger partial charge in [-0.25, -0.2) is 0 Å². The monoisotopic (exact) mass is 362 g/mol. The zero-order valence-electron chi connectivity index (χ0n) is 13.8. The molecule has 1 heterocycles. The van der Waals surface area contributed by atoms with Gasteiger partial charge in [-0.1, -0.05) is 0 Å². The number of amides is 1. The van der Waals surface area contributed by atoms with E-state index in [4.69, 9.17) is 4.74 Å². The molecular weight excluding hydrogens is 348 g/mol. The van der Waals surface area contributed by atoms with Gasteiger partial charge < -0.3 is 10.1 Å². The Morgan fingerprint density at radius 3 is 2.38 bits per heavy atom. The molecule has 0 aliphatic carbocycles. The van der Waals surface area contributed by atoms with E-state index < -0.39 is 27.9 Å². The molecule has 2 rings (SSSR count). The topological polar surface area (TPSA) is 147 Å². The largest absolute Gasteiger partial charge is 0.496 e. The van der Waals surface area contributed by atoms with E-state index in [1.807, 2.05) is 0 Å². The minimum absolute atomic E-state index is 0.00174. The van der Waals surface area contributed by atoms with Crippen molar-refractivity contribution in [2.45, 2.75) is 13.5 Å². The van der Waals surface area contributed by atoms with Crippen molar-refractivity contribution in [3.63, 3.8) is 0 Å². The summed E-state index contributed by atoms with van der Waals surface area (Å²) < 4.78 is 5.82. The molecule has 0 aliphatic rings. The fraction of sp³-hybridized carbons (Fsp3) is 0.200. The summed E-state index contributed by atoms with van der Waals surface area (Å²) in [5.74, 6) is -0.510. The number of hydrogen-bond donors (Lipinski definition) is 1. The number of ether oxygens (including phenoxy) is 1. The second kappa shape index (κ2) is 7.42. The number of methoxy groups -OCH3 is 1. The first-order valence-corrected chi connectivity index (χ1v) is 7.21. The fourth-order valence-corrected chi connectivity index (χ4v) is 2.28. The molecule has 0 spiro atoms. The molecule has 0 fully saturated rings. The number of carbonyl (C=O) groups is 1. The third kappa shape index (κ3) is 3.83. The fourth-order valence-electron chi connectivity index (χ4n) is 2.28. The van der Waals surface area contributed by atoms with E-state index >= 15 is 0 Å². The minimum Gasteiger partial charge on any atom is -0.496 e. The maximum atomic E-state index is 12.2. The van der Waals surface area contributed by atoms with Crippen LogP contribution >= 0.6 is 0 Å². The van der Waals surface area contributed by atoms with E-state index in [1.165, 1.54) is 26.2 Å². The van der Waals surface area contributed by atoms with Crippen molar-refractivity contribution in [3.05, 3.63) is 66.6 Å². The molecule has 26 heavy (non-hydrogen) atoms. The highest BCUT2D eigenvalue weighted by atomic mass is 16.6. The molecule has 0 saturated carbocycles. The third-order valence-corrected chi connectivity index (χ3v) is 3.60. The van der Waals surface area contributed by atoms with Crippen LogP contribution in [0.25, 0.3) is 0 Å². The lowest BCUT2D eigenvalue weighted by molar-refractivity contribution is -0.386. The molecule has 0 saturated heterocycles. The maximum absolute atomic E-state index is 12.2. The van der Waals surface area contributed by atoms with E-state index in [0.717, 1.165) is 22.8 Å². The molecule has 11 nitrogen and oxygen atoms in total. The molecule has 2 aromatic rings. The summed E-state index contributed by atoms with van der Waals surface area (Å²) in [5, 5.41) is 24.4. The SMILES string of the molecule is COc1ccc(NC(=O)Cn2c(C)c([N+](=O)[O-])ccc2=O)c([N+](=O)[O-])c1. The average molecular weight is 362 g/mol. The number of nitro benzene ring substituents is 1. The molecule has 0 unspecified atom stereocenters. The van der Waals surface area contributed by atoms with Gasteiger partial charge in [0.2, 0.25) is 5.91 Å². The van der Waals surface area contributed by atoms with Crippen molar-refractivity contribution in [1.29, 1.82) is 0 Å². The number of carbonyl (C=O) groups excluding carboxylic acids is 1. The normalized spacial score (nSPS) is 10.2. The van der Waals surface area contributed by atoms with Gasteiger partial charge in [-0.05, 0) is 19.1 Å². The predicted octanol–water partition coefficient (Wildman–Crippen LogP) is 1.62. The Labute approximate surface area is 146 Å². The molecule has 1 aromatic carbocycles. The molecule has 11 heteroatoms. The molecular formula is C15H14N4O7. The lowest BCUT2D eigenvalue weighted by Crippen LogP contribution is -2.29. The first-order valence-electron chi connectivity index (χ1n) is 7.21. The van der Waals surface area contributed by atoms with Crippen LogP contribution in [-0.2, 0) is 11.3 Å². The standard InChI is InChI=1S/C15H14N4O7/c1-9-12(18(22)23)5-6-15(21)17(9)8-14(20)16-11-4-3-10(26-2)7-13(11)19(24)25/h3-7H,8H2,1-2H3,(H,16,20). The van der Waals surface area contributed by atoms with Crippen LogP contribution in [-0.4, -0.2) is 27.4 Å². The van der Waals surface area contributed by atoms with Gasteiger partial charge in [-0.2, -0.15) is 0 Å². The molecule has 0 radical (unpaired) electrons. The smallest absolute Gasteiger partial charge is 0.296 e. The number of hydrogen-bond acceptors (Lipinski definition) is 7. The lowest BCUT2D eigenvalue weighted by Gasteiger charge is -2.11. The van der Waals surface area contributed by atoms with Crippen molar-refractivity contribution < 1.29 is 19.4 Å². The summed E-state index contributed by atoms with van der Waals surface area (Å²) in [7, 11) is 1.34. The van der Waals surface area contributed by atoms with Crippen molar-refractivity contribution in [1.82, 2.24) is 4.57 Å². The van der Waals surface area contributed by atoms with Gasteiger partial charge in [-0.3, -0.25) is 34.4 Å². The van der Waals surface area contributed by atoms with Gasteiger partial charge in [0, 0.05) is 12.1 Å². The number of nitro groups is 2. The van der Waals surface area contributed by atoms with E-state index in [9.17, 15) is 29.8 Å². The van der Waals surface area contributed by atoms with Crippen LogP contribution in [0, 0.1) is 27.2 Å². The number of nitrogens with one attached hydrogen (secondary N) is 1. The van der Waals surface area contributed by atoms with Gasteiger partial charge in [0.05, 0.1) is 28.7 Å². The molecule has 1 aromatic heterocycles. The Bertz CT molecular complexity index is 951. The minimum atomic E-state index is -0.746. The summed E-state index contributed by atoms with van der Waals surface area (Å²) in [6.07, 6.45) is 0. The van der Waals surface area contributed by atoms with Gasteiger partial charge in [0.15, 0.2) is 0 Å². The molecule has 0 atom stereocenters. The number of rotatable bonds is 6. The van der Waals surface area contributed by atoms with E-state index in [1.54, 1.807) is 0 Å². The highest BCUT2D eigenvalue weighted by Crippen LogP contribution is 2.29. The highest BCUT2D eigenvalue weighted by molar-refractivity contribution is 5.93. The average Bonchev–Trinajstić information content (AvgIpc) is 2.58. The quantitative estimate of drug-likeness (QED) is 0.606. The Morgan fingerprint density at radius 1 is 1.15 bits per heavy atom. The van der Waals surface area contributed by atoms with Crippen LogP contribution in [0.3, 0.4) is 0 Å². The van der Waals surface area contributed by atoms with Crippen LogP contribution < -0.4 is 15.6 Å². The Morgan fingerprint density at radius 2 is 1.81 bits per heavy atom. The molecule has 136 valence electrons. The highest BCUT2D eigenvalue weighted by Gasteiger charge is 2.20. The van der Waals surface area contributed by atoms with Crippen LogP contribution in [0.15, 0.2) is 35.1 Å². The van der Waals surface area contributed by atoms with Crippen molar-refractivity contribution in [2.24, 2.45) is 0 Å². The van der Waals surface area contributed by atoms with E-state index in [0.29, 0.717) is 0 Å². The summed E-state index contributed by atoms with van der Waals surface area (Å²) in [6.45, 7) is 0.804. The number of aromatic nitrogens is 1. The zero-order chi connectivity index (χ0) is 19.4. The van der Waals surface area contributed by atoms with Gasteiger partial charge >= 0.3 is 0 Å². The first kappa shape index (κ1) is 18.6. The van der Waals surface area contributed by atoms with E-state index in [-0.39, 0.29) is 28.5 Å². The molecule has 0 bridgehead atoms. The van der Waals surface area contributed by atoms with Crippen molar-refractivity contribution in [3.8, 4) is 5.75 Å². The summed E-state index contributed by atoms with van der Waals surface area (Å²) in [5.41, 5.74) is -1.39. The molecule has 1 N–H and O–H groups in total.